The summed E-state index contributed by atoms with van der Waals surface area (Å²) < 4.78 is 1.32. The summed E-state index contributed by atoms with van der Waals surface area (Å²) in [5.74, 6) is -0.152. The van der Waals surface area contributed by atoms with E-state index in [0.29, 0.717) is 13.1 Å². The van der Waals surface area contributed by atoms with Gasteiger partial charge in [-0.2, -0.15) is 5.10 Å². The summed E-state index contributed by atoms with van der Waals surface area (Å²) in [5, 5.41) is 17.5. The zero-order valence-corrected chi connectivity index (χ0v) is 11.6. The lowest BCUT2D eigenvalue weighted by molar-refractivity contribution is -0.385. The van der Waals surface area contributed by atoms with Crippen LogP contribution in [-0.4, -0.2) is 52.7 Å². The van der Waals surface area contributed by atoms with Crippen molar-refractivity contribution in [3.05, 3.63) is 22.5 Å². The van der Waals surface area contributed by atoms with Crippen LogP contribution in [0.1, 0.15) is 13.8 Å². The first-order valence-corrected chi connectivity index (χ1v) is 5.90. The Balaban J connectivity index is 2.88. The van der Waals surface area contributed by atoms with Crippen LogP contribution in [0.2, 0.25) is 0 Å². The lowest BCUT2D eigenvalue weighted by Gasteiger charge is -2.29. The molecule has 19 heavy (non-hydrogen) atoms. The fourth-order valence-electron chi connectivity index (χ4n) is 1.66. The monoisotopic (exact) mass is 269 g/mol. The van der Waals surface area contributed by atoms with Crippen molar-refractivity contribution in [2.24, 2.45) is 0 Å². The molecule has 1 N–H and O–H groups in total. The van der Waals surface area contributed by atoms with Gasteiger partial charge in [0.2, 0.25) is 5.91 Å². The summed E-state index contributed by atoms with van der Waals surface area (Å²) in [7, 11) is 3.50. The predicted molar refractivity (Wildman–Crippen MR) is 69.8 cm³/mol. The zero-order chi connectivity index (χ0) is 14.6. The molecule has 0 spiro atoms. The Labute approximate surface area is 111 Å². The molecule has 1 rings (SSSR count). The molecule has 0 unspecified atom stereocenters. The van der Waals surface area contributed by atoms with Crippen molar-refractivity contribution in [3.63, 3.8) is 0 Å². The second-order valence-electron chi connectivity index (χ2n) is 4.79. The van der Waals surface area contributed by atoms with Crippen LogP contribution in [0.15, 0.2) is 12.4 Å². The number of likely N-dealkylation sites (N-methyl/N-ethyl adjacent to an activating group) is 2. The SMILES string of the molecule is CNCCN(C)C(=O)C(C)(C)n1cc([N+](=O)[O-])cn1. The molecule has 0 bridgehead atoms. The highest BCUT2D eigenvalue weighted by Gasteiger charge is 2.34. The van der Waals surface area contributed by atoms with Gasteiger partial charge in [-0.3, -0.25) is 19.6 Å². The quantitative estimate of drug-likeness (QED) is 0.588. The normalized spacial score (nSPS) is 11.4. The predicted octanol–water partition coefficient (Wildman–Crippen LogP) is 0.204. The van der Waals surface area contributed by atoms with E-state index in [0.717, 1.165) is 6.20 Å². The first kappa shape index (κ1) is 15.1. The van der Waals surface area contributed by atoms with E-state index in [1.807, 2.05) is 0 Å². The summed E-state index contributed by atoms with van der Waals surface area (Å²) in [6.45, 7) is 4.60. The molecule has 1 heterocycles. The summed E-state index contributed by atoms with van der Waals surface area (Å²) in [4.78, 5) is 24.0. The maximum absolute atomic E-state index is 12.3. The molecule has 0 atom stereocenters. The maximum atomic E-state index is 12.3. The third-order valence-corrected chi connectivity index (χ3v) is 2.92. The summed E-state index contributed by atoms with van der Waals surface area (Å²) in [5.41, 5.74) is -1.09. The van der Waals surface area contributed by atoms with Gasteiger partial charge < -0.3 is 10.2 Å². The molecule has 0 saturated heterocycles. The van der Waals surface area contributed by atoms with Crippen LogP contribution in [0.25, 0.3) is 0 Å². The molecule has 0 fully saturated rings. The highest BCUT2D eigenvalue weighted by molar-refractivity contribution is 5.83. The third kappa shape index (κ3) is 3.28. The number of carbonyl (C=O) groups excluding carboxylic acids is 1. The summed E-state index contributed by atoms with van der Waals surface area (Å²) >= 11 is 0. The van der Waals surface area contributed by atoms with Crippen molar-refractivity contribution in [2.75, 3.05) is 27.2 Å². The van der Waals surface area contributed by atoms with E-state index >= 15 is 0 Å². The minimum Gasteiger partial charge on any atom is -0.342 e. The van der Waals surface area contributed by atoms with E-state index < -0.39 is 10.5 Å². The van der Waals surface area contributed by atoms with E-state index in [1.54, 1.807) is 32.8 Å². The Morgan fingerprint density at radius 2 is 2.26 bits per heavy atom. The lowest BCUT2D eigenvalue weighted by Crippen LogP contribution is -2.47. The molecule has 8 heteroatoms. The molecule has 0 aliphatic heterocycles. The molecule has 1 amide bonds. The van der Waals surface area contributed by atoms with Crippen LogP contribution in [-0.2, 0) is 10.3 Å². The molecule has 0 saturated carbocycles. The van der Waals surface area contributed by atoms with E-state index in [9.17, 15) is 14.9 Å². The molecule has 1 aromatic rings. The van der Waals surface area contributed by atoms with Gasteiger partial charge in [0.25, 0.3) is 0 Å². The number of hydrogen-bond acceptors (Lipinski definition) is 5. The van der Waals surface area contributed by atoms with Gasteiger partial charge in [-0.15, -0.1) is 0 Å². The second kappa shape index (κ2) is 5.79. The first-order chi connectivity index (χ1) is 8.80. The van der Waals surface area contributed by atoms with Crippen molar-refractivity contribution in [2.45, 2.75) is 19.4 Å². The number of nitrogens with zero attached hydrogens (tertiary/aromatic N) is 4. The molecule has 1 aromatic heterocycles. The van der Waals surface area contributed by atoms with Crippen LogP contribution < -0.4 is 5.32 Å². The Bertz CT molecular complexity index is 469. The minimum absolute atomic E-state index is 0.126. The van der Waals surface area contributed by atoms with Crippen molar-refractivity contribution in [1.29, 1.82) is 0 Å². The van der Waals surface area contributed by atoms with E-state index in [-0.39, 0.29) is 11.6 Å². The number of rotatable bonds is 6. The van der Waals surface area contributed by atoms with Crippen LogP contribution in [0.5, 0.6) is 0 Å². The van der Waals surface area contributed by atoms with E-state index in [2.05, 4.69) is 10.4 Å². The van der Waals surface area contributed by atoms with Crippen molar-refractivity contribution < 1.29 is 9.72 Å². The van der Waals surface area contributed by atoms with Gasteiger partial charge in [0, 0.05) is 20.1 Å². The summed E-state index contributed by atoms with van der Waals surface area (Å²) in [6, 6.07) is 0. The van der Waals surface area contributed by atoms with Crippen molar-refractivity contribution in [1.82, 2.24) is 20.0 Å². The molecule has 0 aromatic carbocycles. The average Bonchev–Trinajstić information content (AvgIpc) is 2.85. The van der Waals surface area contributed by atoms with Crippen molar-refractivity contribution in [3.8, 4) is 0 Å². The smallest absolute Gasteiger partial charge is 0.307 e. The largest absolute Gasteiger partial charge is 0.342 e. The number of hydrogen-bond donors (Lipinski definition) is 1. The number of aromatic nitrogens is 2. The first-order valence-electron chi connectivity index (χ1n) is 5.90. The van der Waals surface area contributed by atoms with Crippen LogP contribution in [0, 0.1) is 10.1 Å². The van der Waals surface area contributed by atoms with Gasteiger partial charge in [0.1, 0.15) is 17.9 Å². The molecular weight excluding hydrogens is 250 g/mol. The average molecular weight is 269 g/mol. The molecule has 0 aliphatic carbocycles. The number of nitrogens with one attached hydrogen (secondary N) is 1. The highest BCUT2D eigenvalue weighted by atomic mass is 16.6. The third-order valence-electron chi connectivity index (χ3n) is 2.92. The van der Waals surface area contributed by atoms with Gasteiger partial charge in [0.05, 0.1) is 4.92 Å². The topological polar surface area (TPSA) is 93.3 Å². The molecule has 0 aliphatic rings. The van der Waals surface area contributed by atoms with Gasteiger partial charge in [0.15, 0.2) is 0 Å². The zero-order valence-electron chi connectivity index (χ0n) is 11.6. The van der Waals surface area contributed by atoms with Gasteiger partial charge in [-0.1, -0.05) is 0 Å². The maximum Gasteiger partial charge on any atom is 0.307 e. The van der Waals surface area contributed by atoms with Gasteiger partial charge >= 0.3 is 5.69 Å². The molecule has 8 nitrogen and oxygen atoms in total. The Kier molecular flexibility index (Phi) is 4.60. The van der Waals surface area contributed by atoms with Gasteiger partial charge in [-0.25, -0.2) is 0 Å². The van der Waals surface area contributed by atoms with Crippen LogP contribution >= 0.6 is 0 Å². The lowest BCUT2D eigenvalue weighted by atomic mass is 10.0. The number of carbonyl (C=O) groups is 1. The molecule has 0 radical (unpaired) electrons. The number of nitro groups is 1. The van der Waals surface area contributed by atoms with Gasteiger partial charge in [-0.05, 0) is 20.9 Å². The number of amides is 1. The summed E-state index contributed by atoms with van der Waals surface area (Å²) in [6.07, 6.45) is 2.41. The Hall–Kier alpha value is -1.96. The van der Waals surface area contributed by atoms with Crippen molar-refractivity contribution >= 4 is 11.6 Å². The minimum atomic E-state index is -0.962. The highest BCUT2D eigenvalue weighted by Crippen LogP contribution is 2.20. The van der Waals surface area contributed by atoms with Crippen LogP contribution in [0.4, 0.5) is 5.69 Å². The van der Waals surface area contributed by atoms with Crippen LogP contribution in [0.3, 0.4) is 0 Å². The van der Waals surface area contributed by atoms with E-state index in [4.69, 9.17) is 0 Å². The standard InChI is InChI=1S/C11H19N5O3/c1-11(2,10(17)14(4)6-5-12-3)15-8-9(7-13-15)16(18)19/h7-8,12H,5-6H2,1-4H3. The molecule has 106 valence electrons. The Morgan fingerprint density at radius 3 is 2.74 bits per heavy atom. The Morgan fingerprint density at radius 1 is 1.63 bits per heavy atom. The fraction of sp³-hybridized carbons (Fsp3) is 0.636. The second-order valence-corrected chi connectivity index (χ2v) is 4.79. The fourth-order valence-corrected chi connectivity index (χ4v) is 1.66. The van der Waals surface area contributed by atoms with E-state index in [1.165, 1.54) is 10.9 Å². The molecular formula is C11H19N5O3.